The van der Waals surface area contributed by atoms with Gasteiger partial charge in [-0.3, -0.25) is 18.7 Å². The average Bonchev–Trinajstić information content (AvgIpc) is 3.06. The summed E-state index contributed by atoms with van der Waals surface area (Å²) in [6.45, 7) is -0.521. The van der Waals surface area contributed by atoms with Gasteiger partial charge in [0.05, 0.1) is 16.8 Å². The number of nitrogens with zero attached hydrogens (tertiary/aromatic N) is 2. The number of aromatic nitrogens is 2. The molecule has 0 bridgehead atoms. The molecule has 2 aromatic heterocycles. The van der Waals surface area contributed by atoms with Crippen LogP contribution >= 0.6 is 11.3 Å². The van der Waals surface area contributed by atoms with Gasteiger partial charge in [0, 0.05) is 7.05 Å². The van der Waals surface area contributed by atoms with E-state index in [4.69, 9.17) is 0 Å². The van der Waals surface area contributed by atoms with Crippen LogP contribution in [-0.4, -0.2) is 15.0 Å². The van der Waals surface area contributed by atoms with Gasteiger partial charge < -0.3 is 5.32 Å². The number of carbonyl (C=O) groups excluding carboxylic acids is 1. The van der Waals surface area contributed by atoms with E-state index in [1.165, 1.54) is 25.2 Å². The number of amides is 1. The monoisotopic (exact) mass is 383 g/mol. The molecule has 1 N–H and O–H groups in total. The highest BCUT2D eigenvalue weighted by Crippen LogP contribution is 2.34. The zero-order chi connectivity index (χ0) is 19.1. The highest BCUT2D eigenvalue weighted by atomic mass is 32.1. The van der Waals surface area contributed by atoms with E-state index in [0.29, 0.717) is 0 Å². The molecule has 1 aromatic carbocycles. The number of thiophene rings is 1. The van der Waals surface area contributed by atoms with Crippen LogP contribution in [0.1, 0.15) is 5.56 Å². The predicted molar refractivity (Wildman–Crippen MR) is 91.4 cm³/mol. The number of rotatable bonds is 3. The number of alkyl halides is 3. The van der Waals surface area contributed by atoms with Gasteiger partial charge in [0.15, 0.2) is 0 Å². The van der Waals surface area contributed by atoms with Crippen molar-refractivity contribution in [3.05, 3.63) is 62.1 Å². The van der Waals surface area contributed by atoms with Crippen LogP contribution in [0.4, 0.5) is 18.9 Å². The smallest absolute Gasteiger partial charge is 0.324 e. The summed E-state index contributed by atoms with van der Waals surface area (Å²) in [6.07, 6.45) is -4.63. The first-order valence-corrected chi connectivity index (χ1v) is 8.21. The third kappa shape index (κ3) is 3.15. The Morgan fingerprint density at radius 2 is 1.88 bits per heavy atom. The van der Waals surface area contributed by atoms with Gasteiger partial charge in [-0.1, -0.05) is 12.1 Å². The fraction of sp³-hybridized carbons (Fsp3) is 0.188. The lowest BCUT2D eigenvalue weighted by Gasteiger charge is -2.14. The molecule has 3 rings (SSSR count). The standard InChI is InChI=1S/C16H12F3N3O3S/c1-21-14(24)13-11(6-7-26-13)22(15(21)25)8-12(23)20-10-5-3-2-4-9(10)16(17,18)19/h2-7H,8H2,1H3,(H,20,23). The number of nitrogens with one attached hydrogen (secondary N) is 1. The Labute approximate surface area is 148 Å². The minimum Gasteiger partial charge on any atom is -0.324 e. The number of hydrogen-bond donors (Lipinski definition) is 1. The van der Waals surface area contributed by atoms with Crippen molar-refractivity contribution in [3.8, 4) is 0 Å². The molecule has 26 heavy (non-hydrogen) atoms. The zero-order valence-corrected chi connectivity index (χ0v) is 14.1. The van der Waals surface area contributed by atoms with Crippen molar-refractivity contribution in [3.63, 3.8) is 0 Å². The van der Waals surface area contributed by atoms with Gasteiger partial charge in [-0.25, -0.2) is 4.79 Å². The van der Waals surface area contributed by atoms with E-state index in [0.717, 1.165) is 32.6 Å². The number of hydrogen-bond acceptors (Lipinski definition) is 4. The Balaban J connectivity index is 1.96. The molecule has 10 heteroatoms. The molecular formula is C16H12F3N3O3S. The highest BCUT2D eigenvalue weighted by molar-refractivity contribution is 7.17. The normalized spacial score (nSPS) is 11.7. The van der Waals surface area contributed by atoms with Crippen molar-refractivity contribution in [1.82, 2.24) is 9.13 Å². The van der Waals surface area contributed by atoms with Gasteiger partial charge in [0.1, 0.15) is 11.2 Å². The number of anilines is 1. The molecule has 0 fully saturated rings. The second-order valence-corrected chi connectivity index (χ2v) is 6.38. The van der Waals surface area contributed by atoms with Crippen molar-refractivity contribution in [2.24, 2.45) is 7.05 Å². The average molecular weight is 383 g/mol. The van der Waals surface area contributed by atoms with Crippen LogP contribution in [0.5, 0.6) is 0 Å². The third-order valence-corrected chi connectivity index (χ3v) is 4.65. The van der Waals surface area contributed by atoms with E-state index in [9.17, 15) is 27.6 Å². The maximum Gasteiger partial charge on any atom is 0.418 e. The number of halogens is 3. The van der Waals surface area contributed by atoms with Gasteiger partial charge in [0.25, 0.3) is 5.56 Å². The first kappa shape index (κ1) is 17.9. The summed E-state index contributed by atoms with van der Waals surface area (Å²) in [5.74, 6) is -0.810. The Morgan fingerprint density at radius 3 is 2.58 bits per heavy atom. The van der Waals surface area contributed by atoms with Crippen LogP contribution in [0.3, 0.4) is 0 Å². The molecule has 0 aliphatic carbocycles. The largest absolute Gasteiger partial charge is 0.418 e. The third-order valence-electron chi connectivity index (χ3n) is 3.76. The molecule has 1 amide bonds. The van der Waals surface area contributed by atoms with Crippen molar-refractivity contribution < 1.29 is 18.0 Å². The first-order chi connectivity index (χ1) is 12.2. The maximum atomic E-state index is 13.0. The van der Waals surface area contributed by atoms with Crippen molar-refractivity contribution >= 4 is 33.1 Å². The SMILES string of the molecule is Cn1c(=O)c2sccc2n(CC(=O)Nc2ccccc2C(F)(F)F)c1=O. The van der Waals surface area contributed by atoms with Crippen LogP contribution in [0.15, 0.2) is 45.3 Å². The van der Waals surface area contributed by atoms with Crippen molar-refractivity contribution in [2.75, 3.05) is 5.32 Å². The van der Waals surface area contributed by atoms with Crippen LogP contribution < -0.4 is 16.6 Å². The molecule has 0 atom stereocenters. The van der Waals surface area contributed by atoms with E-state index < -0.39 is 41.1 Å². The fourth-order valence-electron chi connectivity index (χ4n) is 2.52. The molecule has 0 aliphatic heterocycles. The molecule has 0 radical (unpaired) electrons. The van der Waals surface area contributed by atoms with Gasteiger partial charge in [-0.2, -0.15) is 13.2 Å². The number of para-hydroxylation sites is 1. The molecule has 0 spiro atoms. The van der Waals surface area contributed by atoms with Gasteiger partial charge in [0.2, 0.25) is 5.91 Å². The molecule has 0 aliphatic rings. The van der Waals surface area contributed by atoms with Crippen LogP contribution in [0.2, 0.25) is 0 Å². The van der Waals surface area contributed by atoms with Crippen LogP contribution in [-0.2, 0) is 24.6 Å². The Bertz CT molecular complexity index is 1110. The van der Waals surface area contributed by atoms with E-state index >= 15 is 0 Å². The highest BCUT2D eigenvalue weighted by Gasteiger charge is 2.33. The van der Waals surface area contributed by atoms with Crippen LogP contribution in [0, 0.1) is 0 Å². The Hall–Kier alpha value is -2.88. The lowest BCUT2D eigenvalue weighted by Crippen LogP contribution is -2.39. The molecule has 0 unspecified atom stereocenters. The summed E-state index contributed by atoms with van der Waals surface area (Å²) in [7, 11) is 1.27. The summed E-state index contributed by atoms with van der Waals surface area (Å²) >= 11 is 1.11. The fourth-order valence-corrected chi connectivity index (χ4v) is 3.39. The molecule has 0 saturated heterocycles. The molecule has 2 heterocycles. The quantitative estimate of drug-likeness (QED) is 0.755. The maximum absolute atomic E-state index is 13.0. The van der Waals surface area contributed by atoms with E-state index in [1.807, 2.05) is 0 Å². The summed E-state index contributed by atoms with van der Waals surface area (Å²) in [5, 5.41) is 3.78. The summed E-state index contributed by atoms with van der Waals surface area (Å²) in [4.78, 5) is 36.6. The molecule has 3 aromatic rings. The van der Waals surface area contributed by atoms with E-state index in [2.05, 4.69) is 5.32 Å². The molecule has 6 nitrogen and oxygen atoms in total. The summed E-state index contributed by atoms with van der Waals surface area (Å²) in [5.41, 5.74) is -2.33. The topological polar surface area (TPSA) is 73.1 Å². The Kier molecular flexibility index (Phi) is 4.45. The zero-order valence-electron chi connectivity index (χ0n) is 13.3. The molecule has 136 valence electrons. The second-order valence-electron chi connectivity index (χ2n) is 5.46. The van der Waals surface area contributed by atoms with Crippen LogP contribution in [0.25, 0.3) is 10.2 Å². The summed E-state index contributed by atoms with van der Waals surface area (Å²) < 4.78 is 41.2. The van der Waals surface area contributed by atoms with Gasteiger partial charge in [-0.15, -0.1) is 11.3 Å². The molecular weight excluding hydrogens is 371 g/mol. The van der Waals surface area contributed by atoms with Crippen molar-refractivity contribution in [2.45, 2.75) is 12.7 Å². The van der Waals surface area contributed by atoms with E-state index in [-0.39, 0.29) is 10.2 Å². The first-order valence-electron chi connectivity index (χ1n) is 7.33. The summed E-state index contributed by atoms with van der Waals surface area (Å²) in [6, 6.07) is 6.07. The van der Waals surface area contributed by atoms with Crippen molar-refractivity contribution in [1.29, 1.82) is 0 Å². The second kappa shape index (κ2) is 6.45. The Morgan fingerprint density at radius 1 is 1.19 bits per heavy atom. The number of benzene rings is 1. The molecule has 0 saturated carbocycles. The minimum atomic E-state index is -4.63. The lowest BCUT2D eigenvalue weighted by atomic mass is 10.1. The van der Waals surface area contributed by atoms with E-state index in [1.54, 1.807) is 5.38 Å². The lowest BCUT2D eigenvalue weighted by molar-refractivity contribution is -0.137. The minimum absolute atomic E-state index is 0.266. The van der Waals surface area contributed by atoms with Gasteiger partial charge in [-0.05, 0) is 23.6 Å². The number of carbonyl (C=O) groups is 1. The predicted octanol–water partition coefficient (Wildman–Crippen LogP) is 2.42. The van der Waals surface area contributed by atoms with Gasteiger partial charge >= 0.3 is 11.9 Å². The number of fused-ring (bicyclic) bond motifs is 1.